The number of nitrogens with zero attached hydrogens (tertiary/aromatic N) is 4. The number of aromatic nitrogens is 1. The zero-order valence-electron chi connectivity index (χ0n) is 23.0. The number of amides is 2. The summed E-state index contributed by atoms with van der Waals surface area (Å²) >= 11 is 0. The molecule has 3 atom stereocenters. The molecule has 0 saturated carbocycles. The highest BCUT2D eigenvalue weighted by Crippen LogP contribution is 2.42. The predicted molar refractivity (Wildman–Crippen MR) is 155 cm³/mol. The van der Waals surface area contributed by atoms with Crippen LogP contribution in [0.4, 0.5) is 10.5 Å². The number of benzene rings is 2. The Morgan fingerprint density at radius 2 is 1.79 bits per heavy atom. The van der Waals surface area contributed by atoms with Crippen molar-refractivity contribution in [2.75, 3.05) is 52.7 Å². The zero-order chi connectivity index (χ0) is 27.2. The number of nitrogens with one attached hydrogen (secondary N) is 1. The van der Waals surface area contributed by atoms with Crippen LogP contribution in [0.25, 0.3) is 0 Å². The first-order valence-electron chi connectivity index (χ1n) is 13.7. The monoisotopic (exact) mass is 523 g/mol. The van der Waals surface area contributed by atoms with Crippen molar-refractivity contribution < 1.29 is 9.53 Å². The molecule has 0 unspecified atom stereocenters. The van der Waals surface area contributed by atoms with E-state index in [-0.39, 0.29) is 12.1 Å². The van der Waals surface area contributed by atoms with Gasteiger partial charge in [-0.25, -0.2) is 9.78 Å². The number of ether oxygens (including phenoxy) is 1. The Labute approximate surface area is 231 Å². The third-order valence-corrected chi connectivity index (χ3v) is 7.64. The molecule has 2 fully saturated rings. The van der Waals surface area contributed by atoms with Crippen LogP contribution >= 0.6 is 0 Å². The average molecular weight is 524 g/mol. The molecular weight excluding hydrogens is 486 g/mol. The lowest BCUT2D eigenvalue weighted by Gasteiger charge is -2.58. The topological polar surface area (TPSA) is 60.9 Å². The molecule has 2 aliphatic heterocycles. The molecule has 2 aliphatic rings. The number of methoxy groups -OCH3 is 1. The first kappa shape index (κ1) is 26.7. The van der Waals surface area contributed by atoms with Gasteiger partial charge < -0.3 is 19.9 Å². The molecule has 3 heterocycles. The number of fused-ring (bicyclic) bond motifs is 1. The molecule has 39 heavy (non-hydrogen) atoms. The van der Waals surface area contributed by atoms with Crippen LogP contribution in [0.2, 0.25) is 0 Å². The summed E-state index contributed by atoms with van der Waals surface area (Å²) in [6, 6.07) is 22.2. The molecule has 1 N–H and O–H groups in total. The molecule has 5 rings (SSSR count). The number of pyridine rings is 1. The number of hydrogen-bond acceptors (Lipinski definition) is 5. The number of anilines is 1. The molecule has 0 aliphatic carbocycles. The van der Waals surface area contributed by atoms with E-state index in [9.17, 15) is 4.79 Å². The summed E-state index contributed by atoms with van der Waals surface area (Å²) in [7, 11) is 5.90. The maximum absolute atomic E-state index is 13.3. The summed E-state index contributed by atoms with van der Waals surface area (Å²) in [5.41, 5.74) is 3.73. The third kappa shape index (κ3) is 6.42. The molecule has 2 saturated heterocycles. The van der Waals surface area contributed by atoms with Crippen molar-refractivity contribution >= 4 is 11.7 Å². The summed E-state index contributed by atoms with van der Waals surface area (Å²) in [6.07, 6.45) is 4.06. The van der Waals surface area contributed by atoms with Gasteiger partial charge in [0.1, 0.15) is 11.4 Å². The maximum atomic E-state index is 13.3. The van der Waals surface area contributed by atoms with Gasteiger partial charge in [0.2, 0.25) is 0 Å². The number of urea groups is 1. The van der Waals surface area contributed by atoms with E-state index in [0.717, 1.165) is 55.2 Å². The lowest BCUT2D eigenvalue weighted by atomic mass is 9.74. The molecule has 2 aromatic carbocycles. The van der Waals surface area contributed by atoms with Gasteiger partial charge in [0.25, 0.3) is 0 Å². The van der Waals surface area contributed by atoms with Crippen molar-refractivity contribution in [3.8, 4) is 17.6 Å². The average Bonchev–Trinajstić information content (AvgIpc) is 2.94. The summed E-state index contributed by atoms with van der Waals surface area (Å²) in [5.74, 6) is 7.44. The van der Waals surface area contributed by atoms with Gasteiger partial charge in [-0.05, 0) is 87.4 Å². The molecule has 3 aromatic rings. The van der Waals surface area contributed by atoms with E-state index >= 15 is 0 Å². The van der Waals surface area contributed by atoms with Crippen molar-refractivity contribution in [1.29, 1.82) is 0 Å². The Kier molecular flexibility index (Phi) is 8.45. The van der Waals surface area contributed by atoms with Crippen LogP contribution in [0.1, 0.15) is 35.6 Å². The van der Waals surface area contributed by atoms with Crippen molar-refractivity contribution in [1.82, 2.24) is 19.7 Å². The fourth-order valence-corrected chi connectivity index (χ4v) is 5.71. The Morgan fingerprint density at radius 3 is 2.49 bits per heavy atom. The van der Waals surface area contributed by atoms with Gasteiger partial charge in [-0.2, -0.15) is 0 Å². The van der Waals surface area contributed by atoms with Crippen LogP contribution in [0.5, 0.6) is 5.75 Å². The summed E-state index contributed by atoms with van der Waals surface area (Å²) in [5, 5.41) is 3.08. The Balaban J connectivity index is 1.33. The van der Waals surface area contributed by atoms with Gasteiger partial charge in [-0.15, -0.1) is 0 Å². The minimum Gasteiger partial charge on any atom is -0.497 e. The largest absolute Gasteiger partial charge is 0.497 e. The highest BCUT2D eigenvalue weighted by Gasteiger charge is 2.50. The summed E-state index contributed by atoms with van der Waals surface area (Å²) in [6.45, 7) is 3.46. The highest BCUT2D eigenvalue weighted by molar-refractivity contribution is 5.89. The minimum atomic E-state index is -0.0542. The van der Waals surface area contributed by atoms with Crippen molar-refractivity contribution in [2.24, 2.45) is 0 Å². The lowest BCUT2D eigenvalue weighted by molar-refractivity contribution is -0.0448. The number of rotatable bonds is 5. The van der Waals surface area contributed by atoms with Crippen LogP contribution in [0.15, 0.2) is 72.9 Å². The lowest BCUT2D eigenvalue weighted by Crippen LogP contribution is -2.69. The molecule has 2 amide bonds. The van der Waals surface area contributed by atoms with Gasteiger partial charge in [-0.3, -0.25) is 4.90 Å². The van der Waals surface area contributed by atoms with E-state index in [2.05, 4.69) is 47.1 Å². The first-order valence-corrected chi connectivity index (χ1v) is 13.7. The fraction of sp³-hybridized carbons (Fsp3) is 0.375. The van der Waals surface area contributed by atoms with Crippen LogP contribution in [-0.4, -0.2) is 85.2 Å². The van der Waals surface area contributed by atoms with Gasteiger partial charge in [0, 0.05) is 55.1 Å². The van der Waals surface area contributed by atoms with E-state index in [1.165, 1.54) is 5.56 Å². The molecule has 0 bridgehead atoms. The second-order valence-corrected chi connectivity index (χ2v) is 10.6. The van der Waals surface area contributed by atoms with Crippen LogP contribution in [-0.2, 0) is 0 Å². The molecule has 202 valence electrons. The van der Waals surface area contributed by atoms with E-state index in [4.69, 9.17) is 9.72 Å². The van der Waals surface area contributed by atoms with Crippen molar-refractivity contribution in [2.45, 2.75) is 30.8 Å². The molecule has 1 aromatic heterocycles. The van der Waals surface area contributed by atoms with Crippen LogP contribution < -0.4 is 10.1 Å². The van der Waals surface area contributed by atoms with Gasteiger partial charge >= 0.3 is 6.03 Å². The minimum absolute atomic E-state index is 0.0542. The highest BCUT2D eigenvalue weighted by atomic mass is 16.5. The van der Waals surface area contributed by atoms with Crippen LogP contribution in [0, 0.1) is 11.8 Å². The Bertz CT molecular complexity index is 1300. The maximum Gasteiger partial charge on any atom is 0.321 e. The third-order valence-electron chi connectivity index (χ3n) is 7.64. The van der Waals surface area contributed by atoms with E-state index in [1.807, 2.05) is 71.8 Å². The molecular formula is C32H37N5O2. The first-order chi connectivity index (χ1) is 19.0. The summed E-state index contributed by atoms with van der Waals surface area (Å²) < 4.78 is 5.24. The molecule has 7 heteroatoms. The van der Waals surface area contributed by atoms with Gasteiger partial charge in [0.15, 0.2) is 0 Å². The fourth-order valence-electron chi connectivity index (χ4n) is 5.71. The second-order valence-electron chi connectivity index (χ2n) is 10.6. The zero-order valence-corrected chi connectivity index (χ0v) is 23.0. The second kappa shape index (κ2) is 12.3. The van der Waals surface area contributed by atoms with E-state index in [1.54, 1.807) is 7.11 Å². The number of carbonyl (C=O) groups excluding carboxylic acids is 1. The molecule has 0 spiro atoms. The standard InChI is InChI=1S/C32H37N5O2/c1-35(2)22-29-31(25-12-14-26(33-21-25)13-11-24-9-5-4-6-10-24)30-23-36(19-7-8-20-37(29)30)32(38)34-27-15-17-28(39-3)18-16-27/h4-6,9-10,12,14-18,21,29-31H,7-8,19-20,22-23H2,1-3H3,(H,34,38)/t29-,30+,31+/m1/s1. The Hall–Kier alpha value is -3.86. The predicted octanol–water partition coefficient (Wildman–Crippen LogP) is 4.52. The number of likely N-dealkylation sites (N-methyl/N-ethyl adjacent to an activating group) is 1. The van der Waals surface area contributed by atoms with E-state index < -0.39 is 0 Å². The van der Waals surface area contributed by atoms with Crippen LogP contribution in [0.3, 0.4) is 0 Å². The van der Waals surface area contributed by atoms with Gasteiger partial charge in [-0.1, -0.05) is 30.2 Å². The summed E-state index contributed by atoms with van der Waals surface area (Å²) in [4.78, 5) is 24.9. The van der Waals surface area contributed by atoms with Crippen molar-refractivity contribution in [3.05, 3.63) is 89.7 Å². The van der Waals surface area contributed by atoms with E-state index in [0.29, 0.717) is 18.5 Å². The van der Waals surface area contributed by atoms with Gasteiger partial charge in [0.05, 0.1) is 7.11 Å². The number of carbonyl (C=O) groups is 1. The Morgan fingerprint density at radius 1 is 1.03 bits per heavy atom. The normalized spacial score (nSPS) is 21.0. The number of hydrogen-bond donors (Lipinski definition) is 1. The smallest absolute Gasteiger partial charge is 0.321 e. The molecule has 7 nitrogen and oxygen atoms in total. The molecule has 0 radical (unpaired) electrons. The quantitative estimate of drug-likeness (QED) is 0.499. The SMILES string of the molecule is COc1ccc(NC(=O)N2CCCCN3[C@H](CN(C)C)[C@H](c4ccc(C#Cc5ccccc5)nc4)[C@@H]3C2)cc1. The van der Waals surface area contributed by atoms with Crippen molar-refractivity contribution in [3.63, 3.8) is 0 Å².